The van der Waals surface area contributed by atoms with Crippen molar-refractivity contribution in [2.24, 2.45) is 11.3 Å². The van der Waals surface area contributed by atoms with Crippen LogP contribution in [0.3, 0.4) is 0 Å². The molecule has 1 aromatic carbocycles. The van der Waals surface area contributed by atoms with Crippen LogP contribution in [-0.2, 0) is 24.1 Å². The normalized spacial score (nSPS) is 16.5. The molecule has 2 N–H and O–H groups in total. The lowest BCUT2D eigenvalue weighted by Crippen LogP contribution is -2.26. The molecule has 0 saturated heterocycles. The van der Waals surface area contributed by atoms with E-state index >= 15 is 0 Å². The van der Waals surface area contributed by atoms with E-state index in [0.717, 1.165) is 40.7 Å². The molecule has 1 aliphatic carbocycles. The van der Waals surface area contributed by atoms with Gasteiger partial charge in [0.25, 0.3) is 5.56 Å². The van der Waals surface area contributed by atoms with Crippen molar-refractivity contribution in [2.75, 3.05) is 5.32 Å². The number of fused-ring (bicyclic) bond motifs is 3. The van der Waals surface area contributed by atoms with Gasteiger partial charge in [-0.15, -0.1) is 11.3 Å². The number of carbonyl (C=O) groups excluding carboxylic acids is 1. The van der Waals surface area contributed by atoms with Gasteiger partial charge in [0.2, 0.25) is 5.91 Å². The second-order valence-corrected chi connectivity index (χ2v) is 10.5. The molecule has 0 aliphatic heterocycles. The number of thiophene rings is 1. The standard InChI is InChI=1S/C24H29N3O2S/c1-14-5-8-16(9-6-14)25-20(28)12-11-19-26-22(29)21-17-10-7-15(24(2,3)4)13-18(17)30-23(21)27-19/h5-6,8-9,15H,7,10-13H2,1-4H3,(H,25,28)(H,26,27,29)/t15-/m1/s1. The van der Waals surface area contributed by atoms with Crippen LogP contribution in [0.15, 0.2) is 29.1 Å². The Bertz CT molecular complexity index is 1140. The Kier molecular flexibility index (Phi) is 5.53. The number of hydrogen-bond acceptors (Lipinski definition) is 4. The van der Waals surface area contributed by atoms with Crippen molar-refractivity contribution in [2.45, 2.75) is 59.8 Å². The van der Waals surface area contributed by atoms with Crippen LogP contribution < -0.4 is 10.9 Å². The van der Waals surface area contributed by atoms with Crippen LogP contribution in [-0.4, -0.2) is 15.9 Å². The second kappa shape index (κ2) is 7.99. The Morgan fingerprint density at radius 3 is 2.70 bits per heavy atom. The first kappa shape index (κ1) is 20.8. The quantitative estimate of drug-likeness (QED) is 0.619. The molecule has 30 heavy (non-hydrogen) atoms. The van der Waals surface area contributed by atoms with Gasteiger partial charge in [0.05, 0.1) is 5.39 Å². The third-order valence-corrected chi connectivity index (χ3v) is 7.27. The van der Waals surface area contributed by atoms with E-state index in [4.69, 9.17) is 4.98 Å². The number of rotatable bonds is 4. The van der Waals surface area contributed by atoms with E-state index in [1.165, 1.54) is 10.4 Å². The van der Waals surface area contributed by atoms with Gasteiger partial charge in [-0.2, -0.15) is 0 Å². The molecule has 0 fully saturated rings. The molecule has 4 rings (SSSR count). The number of amides is 1. The van der Waals surface area contributed by atoms with E-state index in [1.807, 2.05) is 31.2 Å². The van der Waals surface area contributed by atoms with Crippen LogP contribution in [0.4, 0.5) is 5.69 Å². The molecule has 2 aromatic heterocycles. The number of nitrogens with zero attached hydrogens (tertiary/aromatic N) is 1. The van der Waals surface area contributed by atoms with E-state index in [0.29, 0.717) is 18.2 Å². The highest BCUT2D eigenvalue weighted by Gasteiger charge is 2.31. The van der Waals surface area contributed by atoms with Gasteiger partial charge < -0.3 is 10.3 Å². The lowest BCUT2D eigenvalue weighted by molar-refractivity contribution is -0.116. The average Bonchev–Trinajstić information content (AvgIpc) is 3.05. The Labute approximate surface area is 180 Å². The Morgan fingerprint density at radius 2 is 2.00 bits per heavy atom. The first-order valence-corrected chi connectivity index (χ1v) is 11.4. The maximum atomic E-state index is 12.8. The van der Waals surface area contributed by atoms with Crippen molar-refractivity contribution in [1.82, 2.24) is 9.97 Å². The van der Waals surface area contributed by atoms with Gasteiger partial charge in [-0.05, 0) is 55.2 Å². The zero-order valence-corrected chi connectivity index (χ0v) is 18.9. The maximum absolute atomic E-state index is 12.8. The molecule has 0 radical (unpaired) electrons. The molecular weight excluding hydrogens is 394 g/mol. The summed E-state index contributed by atoms with van der Waals surface area (Å²) < 4.78 is 0. The number of carbonyl (C=O) groups is 1. The van der Waals surface area contributed by atoms with Crippen LogP contribution in [0.5, 0.6) is 0 Å². The molecular formula is C24H29N3O2S. The Morgan fingerprint density at radius 1 is 1.27 bits per heavy atom. The van der Waals surface area contributed by atoms with Crippen molar-refractivity contribution < 1.29 is 4.79 Å². The molecule has 158 valence electrons. The average molecular weight is 424 g/mol. The van der Waals surface area contributed by atoms with Gasteiger partial charge in [-0.1, -0.05) is 38.5 Å². The largest absolute Gasteiger partial charge is 0.326 e. The van der Waals surface area contributed by atoms with Crippen LogP contribution in [0, 0.1) is 18.3 Å². The number of benzene rings is 1. The highest BCUT2D eigenvalue weighted by atomic mass is 32.1. The monoisotopic (exact) mass is 423 g/mol. The summed E-state index contributed by atoms with van der Waals surface area (Å²) in [7, 11) is 0. The zero-order chi connectivity index (χ0) is 21.5. The predicted octanol–water partition coefficient (Wildman–Crippen LogP) is 5.02. The first-order chi connectivity index (χ1) is 14.2. The summed E-state index contributed by atoms with van der Waals surface area (Å²) in [5.41, 5.74) is 3.31. The SMILES string of the molecule is Cc1ccc(NC(=O)CCc2nc3sc4c(c3c(=O)[nH]2)CC[C@@H](C(C)(C)C)C4)cc1. The molecule has 0 bridgehead atoms. The van der Waals surface area contributed by atoms with Crippen LogP contribution in [0.25, 0.3) is 10.2 Å². The van der Waals surface area contributed by atoms with Crippen molar-refractivity contribution in [3.63, 3.8) is 0 Å². The highest BCUT2D eigenvalue weighted by molar-refractivity contribution is 7.18. The van der Waals surface area contributed by atoms with Crippen molar-refractivity contribution in [3.8, 4) is 0 Å². The Hall–Kier alpha value is -2.47. The summed E-state index contributed by atoms with van der Waals surface area (Å²) in [5, 5.41) is 3.65. The molecule has 1 aliphatic rings. The fourth-order valence-electron chi connectivity index (χ4n) is 4.18. The molecule has 0 unspecified atom stereocenters. The van der Waals surface area contributed by atoms with E-state index in [-0.39, 0.29) is 23.3 Å². The number of aryl methyl sites for hydroxylation is 3. The van der Waals surface area contributed by atoms with E-state index in [9.17, 15) is 9.59 Å². The molecule has 5 nitrogen and oxygen atoms in total. The molecule has 0 spiro atoms. The van der Waals surface area contributed by atoms with Crippen LogP contribution in [0.1, 0.15) is 55.4 Å². The summed E-state index contributed by atoms with van der Waals surface area (Å²) in [6, 6.07) is 7.71. The van der Waals surface area contributed by atoms with Gasteiger partial charge in [0, 0.05) is 23.4 Å². The predicted molar refractivity (Wildman–Crippen MR) is 123 cm³/mol. The smallest absolute Gasteiger partial charge is 0.259 e. The molecule has 6 heteroatoms. The van der Waals surface area contributed by atoms with Crippen molar-refractivity contribution in [1.29, 1.82) is 0 Å². The molecule has 0 saturated carbocycles. The first-order valence-electron chi connectivity index (χ1n) is 10.6. The van der Waals surface area contributed by atoms with E-state index in [2.05, 4.69) is 31.1 Å². The summed E-state index contributed by atoms with van der Waals surface area (Å²) in [5.74, 6) is 1.12. The summed E-state index contributed by atoms with van der Waals surface area (Å²) >= 11 is 1.65. The minimum atomic E-state index is -0.0832. The van der Waals surface area contributed by atoms with Crippen LogP contribution >= 0.6 is 11.3 Å². The van der Waals surface area contributed by atoms with Gasteiger partial charge in [-0.3, -0.25) is 9.59 Å². The third kappa shape index (κ3) is 4.33. The number of aromatic nitrogens is 2. The Balaban J connectivity index is 1.49. The number of H-pyrrole nitrogens is 1. The molecule has 1 amide bonds. The van der Waals surface area contributed by atoms with E-state index < -0.39 is 0 Å². The highest BCUT2D eigenvalue weighted by Crippen LogP contribution is 2.41. The van der Waals surface area contributed by atoms with Gasteiger partial charge >= 0.3 is 0 Å². The minimum absolute atomic E-state index is 0.0688. The number of anilines is 1. The molecule has 2 heterocycles. The fourth-order valence-corrected chi connectivity index (χ4v) is 5.50. The molecule has 1 atom stereocenters. The summed E-state index contributed by atoms with van der Waals surface area (Å²) in [6.07, 6.45) is 3.77. The molecule has 3 aromatic rings. The lowest BCUT2D eigenvalue weighted by atomic mass is 9.72. The summed E-state index contributed by atoms with van der Waals surface area (Å²) in [4.78, 5) is 34.8. The van der Waals surface area contributed by atoms with Gasteiger partial charge in [-0.25, -0.2) is 4.98 Å². The van der Waals surface area contributed by atoms with Gasteiger partial charge in [0.15, 0.2) is 0 Å². The van der Waals surface area contributed by atoms with Gasteiger partial charge in [0.1, 0.15) is 10.7 Å². The number of hydrogen-bond donors (Lipinski definition) is 2. The second-order valence-electron chi connectivity index (χ2n) is 9.42. The van der Waals surface area contributed by atoms with Crippen molar-refractivity contribution >= 4 is 33.1 Å². The third-order valence-electron chi connectivity index (χ3n) is 6.12. The lowest BCUT2D eigenvalue weighted by Gasteiger charge is -2.33. The number of aromatic amines is 1. The van der Waals surface area contributed by atoms with Crippen molar-refractivity contribution in [3.05, 3.63) is 56.4 Å². The maximum Gasteiger partial charge on any atom is 0.259 e. The van der Waals surface area contributed by atoms with E-state index in [1.54, 1.807) is 11.3 Å². The zero-order valence-electron chi connectivity index (χ0n) is 18.1. The topological polar surface area (TPSA) is 74.8 Å². The van der Waals surface area contributed by atoms with Crippen LogP contribution in [0.2, 0.25) is 0 Å². The summed E-state index contributed by atoms with van der Waals surface area (Å²) in [6.45, 7) is 8.89. The minimum Gasteiger partial charge on any atom is -0.326 e. The number of nitrogens with one attached hydrogen (secondary N) is 2. The fraction of sp³-hybridized carbons (Fsp3) is 0.458.